The largest absolute Gasteiger partial charge is 0.0610 e. The van der Waals surface area contributed by atoms with Crippen molar-refractivity contribution in [2.45, 2.75) is 13.8 Å². The lowest BCUT2D eigenvalue weighted by Crippen LogP contribution is -1.92. The Labute approximate surface area is 113 Å². The number of hydrogen-bond acceptors (Lipinski definition) is 0. The Bertz CT molecular complexity index is 868. The molecule has 4 rings (SSSR count). The molecule has 1 radical (unpaired) electrons. The lowest BCUT2D eigenvalue weighted by molar-refractivity contribution is 1.17. The second kappa shape index (κ2) is 3.71. The fourth-order valence-electron chi connectivity index (χ4n) is 3.17. The van der Waals surface area contributed by atoms with Crippen LogP contribution in [0.25, 0.3) is 32.3 Å². The van der Waals surface area contributed by atoms with Gasteiger partial charge in [0.25, 0.3) is 0 Å². The van der Waals surface area contributed by atoms with Gasteiger partial charge in [-0.25, -0.2) is 0 Å². The Hall–Kier alpha value is -2.08. The van der Waals surface area contributed by atoms with E-state index >= 15 is 0 Å². The summed E-state index contributed by atoms with van der Waals surface area (Å²) in [7, 11) is 0. The maximum atomic E-state index is 2.27. The summed E-state index contributed by atoms with van der Waals surface area (Å²) in [4.78, 5) is 0. The van der Waals surface area contributed by atoms with E-state index in [1.807, 2.05) is 0 Å². The van der Waals surface area contributed by atoms with Crippen LogP contribution in [0.5, 0.6) is 0 Å². The van der Waals surface area contributed by atoms with Crippen LogP contribution in [0.2, 0.25) is 0 Å². The summed E-state index contributed by atoms with van der Waals surface area (Å²) >= 11 is 0. The van der Waals surface area contributed by atoms with E-state index in [-0.39, 0.29) is 0 Å². The van der Waals surface area contributed by atoms with Crippen LogP contribution in [0, 0.1) is 5.92 Å². The van der Waals surface area contributed by atoms with Crippen LogP contribution in [0.1, 0.15) is 19.4 Å². The number of rotatable bonds is 1. The molecule has 0 aromatic heterocycles. The molecule has 0 saturated heterocycles. The first-order valence-electron chi connectivity index (χ1n) is 6.73. The van der Waals surface area contributed by atoms with Gasteiger partial charge < -0.3 is 0 Å². The molecule has 0 atom stereocenters. The minimum absolute atomic E-state index is 1.33. The average molecular weight is 243 g/mol. The molecule has 4 aromatic rings. The standard InChI is InChI=1S/C19H15/c1-12(2)16-10-8-15-7-6-13-4-3-5-14-9-11-17(16)19(15)18(13)14/h3-11H,1-2H3. The lowest BCUT2D eigenvalue weighted by atomic mass is 9.89. The van der Waals surface area contributed by atoms with Gasteiger partial charge >= 0.3 is 0 Å². The van der Waals surface area contributed by atoms with Crippen molar-refractivity contribution in [2.24, 2.45) is 0 Å². The molecule has 0 bridgehead atoms. The van der Waals surface area contributed by atoms with Crippen molar-refractivity contribution in [1.82, 2.24) is 0 Å². The van der Waals surface area contributed by atoms with Gasteiger partial charge in [-0.1, -0.05) is 68.4 Å². The molecule has 0 amide bonds. The van der Waals surface area contributed by atoms with Gasteiger partial charge in [0.1, 0.15) is 0 Å². The minimum Gasteiger partial charge on any atom is -0.0610 e. The molecule has 4 aromatic carbocycles. The third kappa shape index (κ3) is 1.40. The lowest BCUT2D eigenvalue weighted by Gasteiger charge is -2.15. The fraction of sp³-hybridized carbons (Fsp3) is 0.105. The zero-order valence-electron chi connectivity index (χ0n) is 11.2. The van der Waals surface area contributed by atoms with Gasteiger partial charge in [-0.15, -0.1) is 0 Å². The van der Waals surface area contributed by atoms with E-state index in [4.69, 9.17) is 0 Å². The predicted molar refractivity (Wildman–Crippen MR) is 83.8 cm³/mol. The second-order valence-electron chi connectivity index (χ2n) is 5.47. The highest BCUT2D eigenvalue weighted by atomic mass is 14.1. The summed E-state index contributed by atoms with van der Waals surface area (Å²) in [5, 5.41) is 8.20. The van der Waals surface area contributed by atoms with Gasteiger partial charge in [0.15, 0.2) is 0 Å². The Kier molecular flexibility index (Phi) is 2.11. The van der Waals surface area contributed by atoms with Gasteiger partial charge in [-0.3, -0.25) is 0 Å². The molecular weight excluding hydrogens is 228 g/mol. The van der Waals surface area contributed by atoms with Crippen molar-refractivity contribution < 1.29 is 0 Å². The fourth-order valence-corrected chi connectivity index (χ4v) is 3.17. The van der Waals surface area contributed by atoms with Gasteiger partial charge in [-0.05, 0) is 43.8 Å². The molecule has 0 saturated carbocycles. The average Bonchev–Trinajstić information content (AvgIpc) is 2.44. The second-order valence-corrected chi connectivity index (χ2v) is 5.47. The van der Waals surface area contributed by atoms with E-state index in [2.05, 4.69) is 68.4 Å². The highest BCUT2D eigenvalue weighted by Crippen LogP contribution is 2.37. The first-order chi connectivity index (χ1) is 9.25. The van der Waals surface area contributed by atoms with Crippen LogP contribution in [-0.4, -0.2) is 0 Å². The maximum absolute atomic E-state index is 2.27. The molecule has 91 valence electrons. The zero-order valence-corrected chi connectivity index (χ0v) is 11.2. The van der Waals surface area contributed by atoms with E-state index in [1.54, 1.807) is 0 Å². The highest BCUT2D eigenvalue weighted by molar-refractivity contribution is 6.23. The summed E-state index contributed by atoms with van der Waals surface area (Å²) in [6.45, 7) is 4.37. The molecule has 0 heteroatoms. The SMILES string of the molecule is C[C](C)c1ccc2ccc3cccc4ccc1c2c34. The molecule has 0 N–H and O–H groups in total. The zero-order chi connectivity index (χ0) is 13.0. The van der Waals surface area contributed by atoms with E-state index < -0.39 is 0 Å². The van der Waals surface area contributed by atoms with Crippen LogP contribution in [-0.2, 0) is 0 Å². The summed E-state index contributed by atoms with van der Waals surface area (Å²) in [6.07, 6.45) is 0. The molecule has 0 spiro atoms. The topological polar surface area (TPSA) is 0 Å². The van der Waals surface area contributed by atoms with Crippen LogP contribution < -0.4 is 0 Å². The van der Waals surface area contributed by atoms with Crippen molar-refractivity contribution in [3.63, 3.8) is 0 Å². The normalized spacial score (nSPS) is 12.2. The molecule has 0 aliphatic rings. The quantitative estimate of drug-likeness (QED) is 0.385. The van der Waals surface area contributed by atoms with Crippen LogP contribution in [0.4, 0.5) is 0 Å². The highest BCUT2D eigenvalue weighted by Gasteiger charge is 2.11. The van der Waals surface area contributed by atoms with Crippen LogP contribution in [0.15, 0.2) is 54.6 Å². The van der Waals surface area contributed by atoms with Gasteiger partial charge in [0.2, 0.25) is 0 Å². The van der Waals surface area contributed by atoms with Gasteiger partial charge in [0.05, 0.1) is 0 Å². The van der Waals surface area contributed by atoms with Crippen molar-refractivity contribution in [3.05, 3.63) is 66.1 Å². The van der Waals surface area contributed by atoms with E-state index in [1.165, 1.54) is 43.8 Å². The van der Waals surface area contributed by atoms with Crippen LogP contribution >= 0.6 is 0 Å². The third-order valence-electron chi connectivity index (χ3n) is 4.07. The summed E-state index contributed by atoms with van der Waals surface area (Å²) < 4.78 is 0. The van der Waals surface area contributed by atoms with Crippen LogP contribution in [0.3, 0.4) is 0 Å². The molecule has 19 heavy (non-hydrogen) atoms. The monoisotopic (exact) mass is 243 g/mol. The predicted octanol–water partition coefficient (Wildman–Crippen LogP) is 5.55. The minimum atomic E-state index is 1.33. The van der Waals surface area contributed by atoms with Crippen molar-refractivity contribution in [3.8, 4) is 0 Å². The third-order valence-corrected chi connectivity index (χ3v) is 4.07. The summed E-state index contributed by atoms with van der Waals surface area (Å²) in [5.74, 6) is 1.37. The molecular formula is C19H15. The number of benzene rings is 4. The Morgan fingerprint density at radius 3 is 1.89 bits per heavy atom. The first kappa shape index (κ1) is 10.8. The van der Waals surface area contributed by atoms with Gasteiger partial charge in [-0.2, -0.15) is 0 Å². The first-order valence-corrected chi connectivity index (χ1v) is 6.73. The molecule has 0 aliphatic heterocycles. The van der Waals surface area contributed by atoms with Crippen molar-refractivity contribution >= 4 is 32.3 Å². The Morgan fingerprint density at radius 1 is 0.632 bits per heavy atom. The summed E-state index contributed by atoms with van der Waals surface area (Å²) in [6, 6.07) is 20.0. The van der Waals surface area contributed by atoms with Crippen molar-refractivity contribution in [1.29, 1.82) is 0 Å². The molecule has 0 aliphatic carbocycles. The van der Waals surface area contributed by atoms with Gasteiger partial charge in [0, 0.05) is 0 Å². The number of hydrogen-bond donors (Lipinski definition) is 0. The Balaban J connectivity index is 2.35. The van der Waals surface area contributed by atoms with E-state index in [0.29, 0.717) is 0 Å². The molecule has 0 nitrogen and oxygen atoms in total. The molecule has 0 heterocycles. The van der Waals surface area contributed by atoms with Crippen molar-refractivity contribution in [2.75, 3.05) is 0 Å². The van der Waals surface area contributed by atoms with E-state index in [9.17, 15) is 0 Å². The van der Waals surface area contributed by atoms with E-state index in [0.717, 1.165) is 0 Å². The Morgan fingerprint density at radius 2 is 1.21 bits per heavy atom. The summed E-state index contributed by atoms with van der Waals surface area (Å²) in [5.41, 5.74) is 1.37. The maximum Gasteiger partial charge on any atom is -0.000567 e. The molecule has 0 unspecified atom stereocenters. The smallest absolute Gasteiger partial charge is 0.000567 e. The molecule has 0 fully saturated rings.